The van der Waals surface area contributed by atoms with Gasteiger partial charge in [0.05, 0.1) is 5.39 Å². The zero-order valence-corrected chi connectivity index (χ0v) is 14.0. The van der Waals surface area contributed by atoms with Gasteiger partial charge >= 0.3 is 0 Å². The van der Waals surface area contributed by atoms with E-state index >= 15 is 0 Å². The number of nitrogens with zero attached hydrogens (tertiary/aromatic N) is 2. The summed E-state index contributed by atoms with van der Waals surface area (Å²) in [6, 6.07) is 7.79. The smallest absolute Gasteiger partial charge is 0.260 e. The van der Waals surface area contributed by atoms with E-state index in [2.05, 4.69) is 27.9 Å². The quantitative estimate of drug-likeness (QED) is 0.604. The van der Waals surface area contributed by atoms with Gasteiger partial charge in [-0.15, -0.1) is 22.7 Å². The second kappa shape index (κ2) is 5.72. The van der Waals surface area contributed by atoms with Crippen molar-refractivity contribution in [1.29, 1.82) is 0 Å². The van der Waals surface area contributed by atoms with Crippen LogP contribution in [0.2, 0.25) is 0 Å². The molecule has 0 aliphatic carbocycles. The summed E-state index contributed by atoms with van der Waals surface area (Å²) >= 11 is 3.25. The molecule has 4 nitrogen and oxygen atoms in total. The Hall–Kier alpha value is -2.31. The molecule has 4 aromatic heterocycles. The number of H-pyrrole nitrogens is 1. The number of hydrogen-bond donors (Lipinski definition) is 1. The molecule has 0 aliphatic heterocycles. The number of fused-ring (bicyclic) bond motifs is 1. The SMILES string of the molecule is CCc1sc2nc(-c3cccnc3)[nH]c(=O)c2c1-c1cccs1. The fraction of sp³-hybridized carbons (Fsp3) is 0.118. The number of aryl methyl sites for hydroxylation is 1. The van der Waals surface area contributed by atoms with Crippen LogP contribution in [0.4, 0.5) is 0 Å². The lowest BCUT2D eigenvalue weighted by Crippen LogP contribution is -2.09. The largest absolute Gasteiger partial charge is 0.306 e. The summed E-state index contributed by atoms with van der Waals surface area (Å²) < 4.78 is 0. The first-order chi connectivity index (χ1) is 11.3. The molecule has 0 saturated heterocycles. The molecule has 0 aromatic carbocycles. The van der Waals surface area contributed by atoms with E-state index in [9.17, 15) is 4.79 Å². The van der Waals surface area contributed by atoms with Crippen molar-refractivity contribution in [2.45, 2.75) is 13.3 Å². The molecule has 4 aromatic rings. The van der Waals surface area contributed by atoms with E-state index < -0.39 is 0 Å². The maximum Gasteiger partial charge on any atom is 0.260 e. The average Bonchev–Trinajstić information content (AvgIpc) is 3.22. The number of aromatic amines is 1. The molecule has 4 heterocycles. The van der Waals surface area contributed by atoms with E-state index in [-0.39, 0.29) is 5.56 Å². The number of thiophene rings is 2. The molecular formula is C17H13N3OS2. The van der Waals surface area contributed by atoms with Gasteiger partial charge in [0, 0.05) is 33.3 Å². The van der Waals surface area contributed by atoms with Gasteiger partial charge in [-0.25, -0.2) is 4.98 Å². The minimum absolute atomic E-state index is 0.0896. The van der Waals surface area contributed by atoms with Crippen LogP contribution in [0.3, 0.4) is 0 Å². The fourth-order valence-electron chi connectivity index (χ4n) is 2.62. The molecule has 4 rings (SSSR count). The normalized spacial score (nSPS) is 11.2. The molecule has 114 valence electrons. The number of nitrogens with one attached hydrogen (secondary N) is 1. The third-order valence-corrected chi connectivity index (χ3v) is 5.77. The molecule has 1 N–H and O–H groups in total. The van der Waals surface area contributed by atoms with Gasteiger partial charge < -0.3 is 4.98 Å². The van der Waals surface area contributed by atoms with E-state index in [1.54, 1.807) is 35.1 Å². The summed E-state index contributed by atoms with van der Waals surface area (Å²) in [5, 5.41) is 2.73. The molecular weight excluding hydrogens is 326 g/mol. The molecule has 0 amide bonds. The van der Waals surface area contributed by atoms with E-state index in [0.29, 0.717) is 11.2 Å². The van der Waals surface area contributed by atoms with Crippen LogP contribution in [0.25, 0.3) is 32.0 Å². The minimum Gasteiger partial charge on any atom is -0.306 e. The summed E-state index contributed by atoms with van der Waals surface area (Å²) in [6.07, 6.45) is 4.30. The lowest BCUT2D eigenvalue weighted by Gasteiger charge is -2.01. The highest BCUT2D eigenvalue weighted by Crippen LogP contribution is 2.38. The van der Waals surface area contributed by atoms with Crippen molar-refractivity contribution in [1.82, 2.24) is 15.0 Å². The van der Waals surface area contributed by atoms with Crippen LogP contribution in [-0.2, 0) is 6.42 Å². The van der Waals surface area contributed by atoms with E-state index in [1.165, 1.54) is 4.88 Å². The molecule has 0 saturated carbocycles. The first-order valence-corrected chi connectivity index (χ1v) is 8.97. The highest BCUT2D eigenvalue weighted by molar-refractivity contribution is 7.20. The maximum absolute atomic E-state index is 12.7. The Balaban J connectivity index is 2.01. The second-order valence-electron chi connectivity index (χ2n) is 5.07. The highest BCUT2D eigenvalue weighted by atomic mass is 32.1. The van der Waals surface area contributed by atoms with Gasteiger partial charge in [-0.2, -0.15) is 0 Å². The van der Waals surface area contributed by atoms with Gasteiger partial charge in [-0.05, 0) is 30.0 Å². The molecule has 0 unspecified atom stereocenters. The van der Waals surface area contributed by atoms with Gasteiger partial charge in [-0.3, -0.25) is 9.78 Å². The Labute approximate surface area is 140 Å². The van der Waals surface area contributed by atoms with Crippen LogP contribution in [0.1, 0.15) is 11.8 Å². The highest BCUT2D eigenvalue weighted by Gasteiger charge is 2.18. The van der Waals surface area contributed by atoms with Crippen LogP contribution < -0.4 is 5.56 Å². The maximum atomic E-state index is 12.7. The van der Waals surface area contributed by atoms with Crippen molar-refractivity contribution in [3.05, 3.63) is 57.3 Å². The van der Waals surface area contributed by atoms with Gasteiger partial charge in [0.1, 0.15) is 10.7 Å². The van der Waals surface area contributed by atoms with E-state index in [0.717, 1.165) is 27.3 Å². The number of aromatic nitrogens is 3. The molecule has 0 fully saturated rings. The van der Waals surface area contributed by atoms with Gasteiger partial charge in [-0.1, -0.05) is 13.0 Å². The Morgan fingerprint density at radius 2 is 2.17 bits per heavy atom. The van der Waals surface area contributed by atoms with Crippen molar-refractivity contribution >= 4 is 32.9 Å². The summed E-state index contributed by atoms with van der Waals surface area (Å²) in [7, 11) is 0. The average molecular weight is 339 g/mol. The van der Waals surface area contributed by atoms with Crippen LogP contribution in [0.15, 0.2) is 46.8 Å². The molecule has 0 spiro atoms. The van der Waals surface area contributed by atoms with Crippen molar-refractivity contribution in [2.24, 2.45) is 0 Å². The van der Waals surface area contributed by atoms with Gasteiger partial charge in [0.2, 0.25) is 0 Å². The molecule has 23 heavy (non-hydrogen) atoms. The molecule has 6 heteroatoms. The summed E-state index contributed by atoms with van der Waals surface area (Å²) in [6.45, 7) is 2.11. The van der Waals surface area contributed by atoms with Crippen LogP contribution in [0.5, 0.6) is 0 Å². The summed E-state index contributed by atoms with van der Waals surface area (Å²) in [4.78, 5) is 27.5. The van der Waals surface area contributed by atoms with Crippen molar-refractivity contribution < 1.29 is 0 Å². The predicted molar refractivity (Wildman–Crippen MR) is 96.2 cm³/mol. The van der Waals surface area contributed by atoms with Crippen LogP contribution in [0, 0.1) is 0 Å². The number of rotatable bonds is 3. The first kappa shape index (κ1) is 14.3. The van der Waals surface area contributed by atoms with Crippen molar-refractivity contribution in [3.8, 4) is 21.8 Å². The first-order valence-electron chi connectivity index (χ1n) is 7.28. The molecule has 0 atom stereocenters. The standard InChI is InChI=1S/C17H13N3OS2/c1-2-11-13(12-6-4-8-22-12)14-16(21)19-15(20-17(14)23-11)10-5-3-7-18-9-10/h3-9H,2H2,1H3,(H,19,20,21). The van der Waals surface area contributed by atoms with E-state index in [4.69, 9.17) is 0 Å². The lowest BCUT2D eigenvalue weighted by molar-refractivity contribution is 1.17. The molecule has 0 bridgehead atoms. The second-order valence-corrected chi connectivity index (χ2v) is 7.10. The predicted octanol–water partition coefficient (Wildman–Crippen LogP) is 4.34. The molecule has 0 radical (unpaired) electrons. The van der Waals surface area contributed by atoms with Crippen LogP contribution >= 0.6 is 22.7 Å². The monoisotopic (exact) mass is 339 g/mol. The number of hydrogen-bond acceptors (Lipinski definition) is 5. The van der Waals surface area contributed by atoms with Crippen LogP contribution in [-0.4, -0.2) is 15.0 Å². The topological polar surface area (TPSA) is 58.6 Å². The summed E-state index contributed by atoms with van der Waals surface area (Å²) in [5.74, 6) is 0.567. The molecule has 0 aliphatic rings. The third-order valence-electron chi connectivity index (χ3n) is 3.66. The van der Waals surface area contributed by atoms with Gasteiger partial charge in [0.15, 0.2) is 0 Å². The Morgan fingerprint density at radius 1 is 1.26 bits per heavy atom. The van der Waals surface area contributed by atoms with Crippen molar-refractivity contribution in [3.63, 3.8) is 0 Å². The fourth-order valence-corrected chi connectivity index (χ4v) is 4.62. The zero-order chi connectivity index (χ0) is 15.8. The van der Waals surface area contributed by atoms with E-state index in [1.807, 2.05) is 23.6 Å². The lowest BCUT2D eigenvalue weighted by atomic mass is 10.1. The zero-order valence-electron chi connectivity index (χ0n) is 12.4. The number of pyridine rings is 1. The minimum atomic E-state index is -0.0896. The third kappa shape index (κ3) is 2.40. The Bertz CT molecular complexity index is 1020. The Morgan fingerprint density at radius 3 is 2.87 bits per heavy atom. The Kier molecular flexibility index (Phi) is 3.55. The summed E-state index contributed by atoms with van der Waals surface area (Å²) in [5.41, 5.74) is 1.76. The van der Waals surface area contributed by atoms with Gasteiger partial charge in [0.25, 0.3) is 5.56 Å². The van der Waals surface area contributed by atoms with Crippen molar-refractivity contribution in [2.75, 3.05) is 0 Å².